The second-order valence-corrected chi connectivity index (χ2v) is 5.85. The summed E-state index contributed by atoms with van der Waals surface area (Å²) in [6.45, 7) is 5.63. The summed E-state index contributed by atoms with van der Waals surface area (Å²) in [6.07, 6.45) is 3.01. The minimum absolute atomic E-state index is 0.0404. The minimum atomic E-state index is -0.792. The molecule has 1 unspecified atom stereocenters. The molecule has 0 spiro atoms. The molecule has 2 rings (SSSR count). The van der Waals surface area contributed by atoms with E-state index in [-0.39, 0.29) is 11.8 Å². The molecule has 102 valence electrons. The molecule has 0 aromatic rings. The van der Waals surface area contributed by atoms with Gasteiger partial charge >= 0.3 is 5.97 Å². The van der Waals surface area contributed by atoms with Gasteiger partial charge in [-0.05, 0) is 38.6 Å². The van der Waals surface area contributed by atoms with Gasteiger partial charge in [0.2, 0.25) is 5.91 Å². The first-order chi connectivity index (χ1) is 8.44. The summed E-state index contributed by atoms with van der Waals surface area (Å²) in [5.41, 5.74) is -0.495. The van der Waals surface area contributed by atoms with Crippen molar-refractivity contribution in [2.75, 3.05) is 19.6 Å². The van der Waals surface area contributed by atoms with Crippen molar-refractivity contribution < 1.29 is 14.7 Å². The fraction of sp³-hybridized carbons (Fsp3) is 0.846. The number of aliphatic carboxylic acids is 1. The standard InChI is InChI=1S/C13H22N2O3/c1-9-7-15(8-10(9)11(16)17)12(18)13(2)5-3-4-6-14-13/h9-10,14H,3-8H2,1-2H3,(H,16,17)/t9-,10-,13?/m1/s1. The van der Waals surface area contributed by atoms with Crippen molar-refractivity contribution in [2.24, 2.45) is 11.8 Å². The lowest BCUT2D eigenvalue weighted by molar-refractivity contribution is -0.142. The number of hydrogen-bond donors (Lipinski definition) is 2. The second kappa shape index (κ2) is 4.88. The van der Waals surface area contributed by atoms with Gasteiger partial charge < -0.3 is 15.3 Å². The number of carbonyl (C=O) groups excluding carboxylic acids is 1. The first-order valence-corrected chi connectivity index (χ1v) is 6.71. The summed E-state index contributed by atoms with van der Waals surface area (Å²) < 4.78 is 0. The molecular formula is C13H22N2O3. The Morgan fingerprint density at radius 2 is 2.06 bits per heavy atom. The van der Waals surface area contributed by atoms with Crippen molar-refractivity contribution in [3.63, 3.8) is 0 Å². The van der Waals surface area contributed by atoms with Crippen molar-refractivity contribution in [1.82, 2.24) is 10.2 Å². The van der Waals surface area contributed by atoms with Crippen LogP contribution in [0.1, 0.15) is 33.1 Å². The fourth-order valence-electron chi connectivity index (χ4n) is 3.04. The minimum Gasteiger partial charge on any atom is -0.481 e. The number of nitrogens with one attached hydrogen (secondary N) is 1. The third-order valence-corrected chi connectivity index (χ3v) is 4.31. The van der Waals surface area contributed by atoms with Crippen LogP contribution in [0.5, 0.6) is 0 Å². The molecule has 5 heteroatoms. The molecule has 0 aromatic carbocycles. The highest BCUT2D eigenvalue weighted by atomic mass is 16.4. The predicted octanol–water partition coefficient (Wildman–Crippen LogP) is 0.698. The highest BCUT2D eigenvalue weighted by Crippen LogP contribution is 2.28. The molecule has 1 amide bonds. The number of hydrogen-bond acceptors (Lipinski definition) is 3. The van der Waals surface area contributed by atoms with E-state index in [2.05, 4.69) is 5.32 Å². The van der Waals surface area contributed by atoms with Crippen LogP contribution in [0, 0.1) is 11.8 Å². The zero-order valence-electron chi connectivity index (χ0n) is 11.1. The number of nitrogens with zero attached hydrogens (tertiary/aromatic N) is 1. The Balaban J connectivity index is 2.04. The van der Waals surface area contributed by atoms with Gasteiger partial charge in [0.15, 0.2) is 0 Å². The van der Waals surface area contributed by atoms with Crippen LogP contribution in [0.15, 0.2) is 0 Å². The summed E-state index contributed by atoms with van der Waals surface area (Å²) in [5.74, 6) is -1.10. The average Bonchev–Trinajstić information content (AvgIpc) is 2.71. The van der Waals surface area contributed by atoms with E-state index in [1.807, 2.05) is 13.8 Å². The van der Waals surface area contributed by atoms with E-state index < -0.39 is 17.4 Å². The number of carbonyl (C=O) groups is 2. The van der Waals surface area contributed by atoms with Crippen molar-refractivity contribution in [3.05, 3.63) is 0 Å². The van der Waals surface area contributed by atoms with Crippen LogP contribution in [0.3, 0.4) is 0 Å². The number of piperidine rings is 1. The second-order valence-electron chi connectivity index (χ2n) is 5.85. The molecule has 2 aliphatic rings. The zero-order chi connectivity index (χ0) is 13.3. The van der Waals surface area contributed by atoms with Crippen molar-refractivity contribution in [3.8, 4) is 0 Å². The molecule has 5 nitrogen and oxygen atoms in total. The molecule has 2 N–H and O–H groups in total. The Hall–Kier alpha value is -1.10. The van der Waals surface area contributed by atoms with Gasteiger partial charge in [0.25, 0.3) is 0 Å². The Bertz CT molecular complexity index is 350. The van der Waals surface area contributed by atoms with Crippen LogP contribution in [-0.2, 0) is 9.59 Å². The van der Waals surface area contributed by atoms with Crippen LogP contribution in [0.25, 0.3) is 0 Å². The first kappa shape index (κ1) is 13.3. The van der Waals surface area contributed by atoms with Crippen LogP contribution in [-0.4, -0.2) is 47.1 Å². The third-order valence-electron chi connectivity index (χ3n) is 4.31. The van der Waals surface area contributed by atoms with Crippen LogP contribution < -0.4 is 5.32 Å². The maximum absolute atomic E-state index is 12.5. The quantitative estimate of drug-likeness (QED) is 0.761. The summed E-state index contributed by atoms with van der Waals surface area (Å²) >= 11 is 0. The smallest absolute Gasteiger partial charge is 0.308 e. The van der Waals surface area contributed by atoms with E-state index >= 15 is 0 Å². The zero-order valence-corrected chi connectivity index (χ0v) is 11.1. The largest absolute Gasteiger partial charge is 0.481 e. The van der Waals surface area contributed by atoms with Gasteiger partial charge in [-0.1, -0.05) is 6.92 Å². The maximum Gasteiger partial charge on any atom is 0.308 e. The first-order valence-electron chi connectivity index (χ1n) is 6.71. The Kier molecular flexibility index (Phi) is 3.61. The molecule has 2 aliphatic heterocycles. The molecule has 2 heterocycles. The van der Waals surface area contributed by atoms with Crippen LogP contribution >= 0.6 is 0 Å². The molecule has 0 bridgehead atoms. The summed E-state index contributed by atoms with van der Waals surface area (Å²) in [5, 5.41) is 12.4. The number of likely N-dealkylation sites (tertiary alicyclic amines) is 1. The molecule has 3 atom stereocenters. The van der Waals surface area contributed by atoms with Gasteiger partial charge in [-0.15, -0.1) is 0 Å². The van der Waals surface area contributed by atoms with E-state index in [4.69, 9.17) is 5.11 Å². The summed E-state index contributed by atoms with van der Waals surface area (Å²) in [6, 6.07) is 0. The topological polar surface area (TPSA) is 69.6 Å². The molecule has 0 aliphatic carbocycles. The van der Waals surface area contributed by atoms with E-state index in [0.29, 0.717) is 13.1 Å². The van der Waals surface area contributed by atoms with Gasteiger partial charge in [0.05, 0.1) is 11.5 Å². The van der Waals surface area contributed by atoms with Crippen LogP contribution in [0.4, 0.5) is 0 Å². The number of rotatable bonds is 2. The van der Waals surface area contributed by atoms with Gasteiger partial charge in [0, 0.05) is 13.1 Å². The lowest BCUT2D eigenvalue weighted by Gasteiger charge is -2.36. The van der Waals surface area contributed by atoms with Gasteiger partial charge in [-0.25, -0.2) is 0 Å². The van der Waals surface area contributed by atoms with Gasteiger partial charge in [0.1, 0.15) is 0 Å². The number of carboxylic acids is 1. The highest BCUT2D eigenvalue weighted by Gasteiger charge is 2.43. The van der Waals surface area contributed by atoms with Gasteiger partial charge in [-0.3, -0.25) is 9.59 Å². The molecule has 0 radical (unpaired) electrons. The molecule has 18 heavy (non-hydrogen) atoms. The third kappa shape index (κ3) is 2.36. The SMILES string of the molecule is C[C@@H]1CN(C(=O)C2(C)CCCCN2)C[C@H]1C(=O)O. The van der Waals surface area contributed by atoms with Crippen molar-refractivity contribution in [2.45, 2.75) is 38.6 Å². The Labute approximate surface area is 108 Å². The predicted molar refractivity (Wildman–Crippen MR) is 67.1 cm³/mol. The fourth-order valence-corrected chi connectivity index (χ4v) is 3.04. The summed E-state index contributed by atoms with van der Waals surface area (Å²) in [7, 11) is 0. The van der Waals surface area contributed by atoms with E-state index in [9.17, 15) is 9.59 Å². The lowest BCUT2D eigenvalue weighted by Crippen LogP contribution is -2.57. The van der Waals surface area contributed by atoms with E-state index in [1.54, 1.807) is 4.90 Å². The van der Waals surface area contributed by atoms with Crippen LogP contribution in [0.2, 0.25) is 0 Å². The molecule has 2 saturated heterocycles. The molecule has 0 aromatic heterocycles. The Morgan fingerprint density at radius 1 is 1.33 bits per heavy atom. The number of amides is 1. The normalized spacial score (nSPS) is 36.7. The molecule has 2 fully saturated rings. The van der Waals surface area contributed by atoms with Crippen molar-refractivity contribution in [1.29, 1.82) is 0 Å². The monoisotopic (exact) mass is 254 g/mol. The van der Waals surface area contributed by atoms with E-state index in [1.165, 1.54) is 0 Å². The molecular weight excluding hydrogens is 232 g/mol. The highest BCUT2D eigenvalue weighted by molar-refractivity contribution is 5.87. The maximum atomic E-state index is 12.5. The summed E-state index contributed by atoms with van der Waals surface area (Å²) in [4.78, 5) is 25.3. The lowest BCUT2D eigenvalue weighted by atomic mass is 9.89. The number of carboxylic acid groups (broad SMARTS) is 1. The van der Waals surface area contributed by atoms with Crippen molar-refractivity contribution >= 4 is 11.9 Å². The van der Waals surface area contributed by atoms with E-state index in [0.717, 1.165) is 25.8 Å². The van der Waals surface area contributed by atoms with Gasteiger partial charge in [-0.2, -0.15) is 0 Å². The Morgan fingerprint density at radius 3 is 2.56 bits per heavy atom. The molecule has 0 saturated carbocycles. The average molecular weight is 254 g/mol.